The molecule has 4 nitrogen and oxygen atoms in total. The molecule has 1 aliphatic carbocycles. The summed E-state index contributed by atoms with van der Waals surface area (Å²) < 4.78 is 0. The number of carbonyl (C=O) groups is 3. The maximum atomic E-state index is 11.9. The minimum atomic E-state index is -0.490. The number of rotatable bonds is 1. The quantitative estimate of drug-likeness (QED) is 0.603. The van der Waals surface area contributed by atoms with Crippen molar-refractivity contribution in [1.82, 2.24) is 4.90 Å². The summed E-state index contributed by atoms with van der Waals surface area (Å²) in [4.78, 5) is 35.2. The molecule has 1 saturated carbocycles. The maximum absolute atomic E-state index is 11.9. The second-order valence-corrected chi connectivity index (χ2v) is 4.02. The average molecular weight is 207 g/mol. The van der Waals surface area contributed by atoms with Gasteiger partial charge in [0.25, 0.3) is 11.8 Å². The van der Waals surface area contributed by atoms with Gasteiger partial charge in [-0.05, 0) is 12.8 Å². The van der Waals surface area contributed by atoms with Crippen LogP contribution in [0.15, 0.2) is 12.2 Å². The van der Waals surface area contributed by atoms with Crippen molar-refractivity contribution in [3.8, 4) is 0 Å². The van der Waals surface area contributed by atoms with Crippen molar-refractivity contribution in [1.29, 1.82) is 0 Å². The van der Waals surface area contributed by atoms with Crippen molar-refractivity contribution < 1.29 is 14.4 Å². The van der Waals surface area contributed by atoms with Crippen LogP contribution in [0.2, 0.25) is 0 Å². The first-order chi connectivity index (χ1) is 7.20. The first-order valence-electron chi connectivity index (χ1n) is 5.30. The lowest BCUT2D eigenvalue weighted by Gasteiger charge is -2.23. The summed E-state index contributed by atoms with van der Waals surface area (Å²) in [6.07, 6.45) is 7.09. The van der Waals surface area contributed by atoms with Crippen LogP contribution in [-0.2, 0) is 14.4 Å². The molecule has 3 amide bonds. The summed E-state index contributed by atoms with van der Waals surface area (Å²) >= 11 is 0. The van der Waals surface area contributed by atoms with Gasteiger partial charge in [0.05, 0.1) is 0 Å². The van der Waals surface area contributed by atoms with Crippen molar-refractivity contribution >= 4 is 17.7 Å². The fourth-order valence-electron chi connectivity index (χ4n) is 2.15. The van der Waals surface area contributed by atoms with E-state index in [1.807, 2.05) is 0 Å². The van der Waals surface area contributed by atoms with Crippen molar-refractivity contribution in [2.24, 2.45) is 5.92 Å². The largest absolute Gasteiger partial charge is 0.274 e. The molecule has 0 bridgehead atoms. The van der Waals surface area contributed by atoms with Crippen LogP contribution in [0.5, 0.6) is 0 Å². The second-order valence-electron chi connectivity index (χ2n) is 4.02. The molecule has 80 valence electrons. The number of imide groups is 3. The molecule has 0 aromatic carbocycles. The molecule has 0 spiro atoms. The van der Waals surface area contributed by atoms with Gasteiger partial charge in [0, 0.05) is 18.1 Å². The van der Waals surface area contributed by atoms with Crippen LogP contribution in [0.4, 0.5) is 0 Å². The molecule has 0 aromatic heterocycles. The van der Waals surface area contributed by atoms with Crippen LogP contribution in [0, 0.1) is 5.92 Å². The molecule has 0 unspecified atom stereocenters. The Hall–Kier alpha value is -1.45. The zero-order chi connectivity index (χ0) is 10.8. The van der Waals surface area contributed by atoms with Gasteiger partial charge in [0.2, 0.25) is 5.91 Å². The zero-order valence-corrected chi connectivity index (χ0v) is 8.44. The SMILES string of the molecule is O=C1C=CC(=O)N1C(=O)C1CCCCC1. The van der Waals surface area contributed by atoms with Crippen molar-refractivity contribution in [3.05, 3.63) is 12.2 Å². The Morgan fingerprint density at radius 1 is 1.07 bits per heavy atom. The molecule has 2 aliphatic rings. The summed E-state index contributed by atoms with van der Waals surface area (Å²) in [6, 6.07) is 0. The Bertz CT molecular complexity index is 322. The van der Waals surface area contributed by atoms with E-state index in [0.29, 0.717) is 0 Å². The Kier molecular flexibility index (Phi) is 2.66. The first kappa shape index (κ1) is 10.1. The number of amides is 3. The highest BCUT2D eigenvalue weighted by molar-refractivity contribution is 6.22. The predicted molar refractivity (Wildman–Crippen MR) is 52.6 cm³/mol. The van der Waals surface area contributed by atoms with Gasteiger partial charge in [-0.25, -0.2) is 4.90 Å². The molecule has 1 fully saturated rings. The van der Waals surface area contributed by atoms with E-state index >= 15 is 0 Å². The molecule has 15 heavy (non-hydrogen) atoms. The molecule has 1 aliphatic heterocycles. The standard InChI is InChI=1S/C11H13NO3/c13-9-6-7-10(14)12(9)11(15)8-4-2-1-3-5-8/h6-8H,1-5H2. The monoisotopic (exact) mass is 207 g/mol. The third-order valence-corrected chi connectivity index (χ3v) is 2.98. The zero-order valence-electron chi connectivity index (χ0n) is 8.44. The fourth-order valence-corrected chi connectivity index (χ4v) is 2.15. The number of carbonyl (C=O) groups excluding carboxylic acids is 3. The highest BCUT2D eigenvalue weighted by Crippen LogP contribution is 2.26. The Labute approximate surface area is 87.9 Å². The maximum Gasteiger partial charge on any atom is 0.260 e. The summed E-state index contributed by atoms with van der Waals surface area (Å²) in [5.41, 5.74) is 0. The van der Waals surface area contributed by atoms with Crippen LogP contribution >= 0.6 is 0 Å². The lowest BCUT2D eigenvalue weighted by molar-refractivity contribution is -0.151. The van der Waals surface area contributed by atoms with Crippen LogP contribution < -0.4 is 0 Å². The van der Waals surface area contributed by atoms with Crippen LogP contribution in [-0.4, -0.2) is 22.6 Å². The summed E-state index contributed by atoms with van der Waals surface area (Å²) in [5.74, 6) is -1.42. The van der Waals surface area contributed by atoms with E-state index in [1.54, 1.807) is 0 Å². The Morgan fingerprint density at radius 3 is 2.13 bits per heavy atom. The molecule has 0 N–H and O–H groups in total. The van der Waals surface area contributed by atoms with E-state index < -0.39 is 11.8 Å². The highest BCUT2D eigenvalue weighted by atomic mass is 16.2. The van der Waals surface area contributed by atoms with Gasteiger partial charge < -0.3 is 0 Å². The number of nitrogens with zero attached hydrogens (tertiary/aromatic N) is 1. The molecule has 4 heteroatoms. The molecule has 1 heterocycles. The van der Waals surface area contributed by atoms with E-state index in [2.05, 4.69) is 0 Å². The topological polar surface area (TPSA) is 54.5 Å². The van der Waals surface area contributed by atoms with Gasteiger partial charge in [-0.2, -0.15) is 0 Å². The third-order valence-electron chi connectivity index (χ3n) is 2.98. The van der Waals surface area contributed by atoms with E-state index in [0.717, 1.165) is 49.2 Å². The molecule has 2 rings (SSSR count). The lowest BCUT2D eigenvalue weighted by Crippen LogP contribution is -2.41. The minimum absolute atomic E-state index is 0.133. The summed E-state index contributed by atoms with van der Waals surface area (Å²) in [6.45, 7) is 0. The van der Waals surface area contributed by atoms with E-state index in [4.69, 9.17) is 0 Å². The van der Waals surface area contributed by atoms with Gasteiger partial charge in [0.15, 0.2) is 0 Å². The fraction of sp³-hybridized carbons (Fsp3) is 0.545. The molecule has 0 saturated heterocycles. The van der Waals surface area contributed by atoms with Crippen molar-refractivity contribution in [3.63, 3.8) is 0 Å². The van der Waals surface area contributed by atoms with E-state index in [1.165, 1.54) is 0 Å². The Balaban J connectivity index is 2.07. The van der Waals surface area contributed by atoms with Crippen LogP contribution in [0.3, 0.4) is 0 Å². The number of hydrogen-bond donors (Lipinski definition) is 0. The molecule has 0 aromatic rings. The first-order valence-corrected chi connectivity index (χ1v) is 5.30. The normalized spacial score (nSPS) is 22.5. The van der Waals surface area contributed by atoms with Crippen LogP contribution in [0.1, 0.15) is 32.1 Å². The van der Waals surface area contributed by atoms with Gasteiger partial charge in [-0.3, -0.25) is 14.4 Å². The number of hydrogen-bond acceptors (Lipinski definition) is 3. The average Bonchev–Trinajstić information content (AvgIpc) is 2.59. The third kappa shape index (κ3) is 1.84. The van der Waals surface area contributed by atoms with E-state index in [-0.39, 0.29) is 11.8 Å². The lowest BCUT2D eigenvalue weighted by atomic mass is 9.88. The molecular formula is C11H13NO3. The summed E-state index contributed by atoms with van der Waals surface area (Å²) in [5, 5.41) is 0. The Morgan fingerprint density at radius 2 is 1.60 bits per heavy atom. The van der Waals surface area contributed by atoms with Crippen molar-refractivity contribution in [2.75, 3.05) is 0 Å². The van der Waals surface area contributed by atoms with Gasteiger partial charge >= 0.3 is 0 Å². The second kappa shape index (κ2) is 3.96. The van der Waals surface area contributed by atoms with Gasteiger partial charge in [0.1, 0.15) is 0 Å². The molecule has 0 atom stereocenters. The predicted octanol–water partition coefficient (Wildman–Crippen LogP) is 1.02. The van der Waals surface area contributed by atoms with Crippen molar-refractivity contribution in [2.45, 2.75) is 32.1 Å². The molecular weight excluding hydrogens is 194 g/mol. The smallest absolute Gasteiger partial charge is 0.260 e. The molecule has 0 radical (unpaired) electrons. The highest BCUT2D eigenvalue weighted by Gasteiger charge is 2.35. The van der Waals surface area contributed by atoms with E-state index in [9.17, 15) is 14.4 Å². The van der Waals surface area contributed by atoms with Gasteiger partial charge in [-0.1, -0.05) is 19.3 Å². The minimum Gasteiger partial charge on any atom is -0.274 e. The van der Waals surface area contributed by atoms with Gasteiger partial charge in [-0.15, -0.1) is 0 Å². The summed E-state index contributed by atoms with van der Waals surface area (Å²) in [7, 11) is 0. The van der Waals surface area contributed by atoms with Crippen LogP contribution in [0.25, 0.3) is 0 Å².